The Morgan fingerprint density at radius 1 is 0.488 bits per heavy atom. The largest absolute Gasteiger partial charge is 0.464 e. The molecular formula is C80H56N4O2. The van der Waals surface area contributed by atoms with E-state index in [4.69, 9.17) is 22.0 Å². The smallest absolute Gasteiger partial charge is 0.159 e. The van der Waals surface area contributed by atoms with Gasteiger partial charge in [-0.2, -0.15) is 0 Å². The first-order valence-corrected chi connectivity index (χ1v) is 29.6. The molecule has 6 nitrogen and oxygen atoms in total. The van der Waals surface area contributed by atoms with E-state index in [1.807, 2.05) is 24.5 Å². The average Bonchev–Trinajstić information content (AvgIpc) is 1.51. The quantitative estimate of drug-likeness (QED) is 0.122. The van der Waals surface area contributed by atoms with Crippen LogP contribution in [0.25, 0.3) is 133 Å². The molecular weight excluding hydrogens is 1050 g/mol. The second-order valence-corrected chi connectivity index (χ2v) is 23.0. The molecule has 0 radical (unpaired) electrons. The summed E-state index contributed by atoms with van der Waals surface area (Å²) < 4.78 is 17.7. The summed E-state index contributed by atoms with van der Waals surface area (Å²) in [6, 6.07) is 83.3. The lowest BCUT2D eigenvalue weighted by Crippen LogP contribution is -2.26. The maximum atomic E-state index is 6.77. The number of allylic oxidation sites excluding steroid dienone is 2. The molecule has 6 heteroatoms. The Hall–Kier alpha value is -11.1. The lowest BCUT2D eigenvalue weighted by atomic mass is 9.89. The fourth-order valence-corrected chi connectivity index (χ4v) is 14.2. The minimum absolute atomic E-state index is 0.832. The van der Waals surface area contributed by atoms with Crippen LogP contribution in [-0.2, 0) is 6.42 Å². The van der Waals surface area contributed by atoms with Crippen LogP contribution in [-0.4, -0.2) is 8.80 Å². The molecule has 0 atom stereocenters. The monoisotopic (exact) mass is 1100 g/mol. The van der Waals surface area contributed by atoms with Gasteiger partial charge in [-0.05, 0) is 121 Å². The van der Waals surface area contributed by atoms with Crippen LogP contribution in [0.15, 0.2) is 270 Å². The number of benzene rings is 11. The summed E-state index contributed by atoms with van der Waals surface area (Å²) >= 11 is 0. The molecule has 6 aromatic heterocycles. The first kappa shape index (κ1) is 49.5. The molecule has 17 rings (SSSR count). The van der Waals surface area contributed by atoms with Crippen molar-refractivity contribution in [1.82, 2.24) is 8.80 Å². The number of para-hydroxylation sites is 5. The number of nitrogens with zero attached hydrogens (tertiary/aromatic N) is 4. The number of hydrogen-bond donors (Lipinski definition) is 0. The van der Waals surface area contributed by atoms with Crippen LogP contribution in [0.5, 0.6) is 0 Å². The molecule has 0 fully saturated rings. The zero-order chi connectivity index (χ0) is 57.3. The van der Waals surface area contributed by atoms with Crippen molar-refractivity contribution in [2.45, 2.75) is 26.7 Å². The topological polar surface area (TPSA) is 41.6 Å². The highest BCUT2D eigenvalue weighted by Crippen LogP contribution is 2.53. The maximum Gasteiger partial charge on any atom is 0.159 e. The zero-order valence-electron chi connectivity index (χ0n) is 47.7. The van der Waals surface area contributed by atoms with Crippen LogP contribution in [0.4, 0.5) is 22.7 Å². The standard InChI is InChI=1S/C80H56N4O2/c1-49-22-17-29-56(44-49)81(43-16-15-28-55-48-85-70-39-13-11-31-59(55)70)51(3)46-66-52(4)82-76-61(66)33-19-36-64(76)74-73(54-26-9-6-10-27-54)79-75(72(78(74)82)53-24-7-5-8-25-53)65-37-20-34-62-67-47-58(41-42-68(67)84(79)77(62)65)83(57-30-18-23-50(2)45-57)69-38-21-35-63-60-32-12-14-40-71(60)86-80(63)69/h5-14,16-27,29-48H,3-4,15,28H2,1-2H3/b43-16+,66-46+. The van der Waals surface area contributed by atoms with E-state index in [0.717, 1.165) is 118 Å². The van der Waals surface area contributed by atoms with E-state index < -0.39 is 0 Å². The summed E-state index contributed by atoms with van der Waals surface area (Å²) in [5.74, 6) is 0. The van der Waals surface area contributed by atoms with Crippen molar-refractivity contribution in [1.29, 1.82) is 0 Å². The molecule has 0 unspecified atom stereocenters. The van der Waals surface area contributed by atoms with Crippen LogP contribution in [0.2, 0.25) is 0 Å². The van der Waals surface area contributed by atoms with E-state index in [1.54, 1.807) is 0 Å². The van der Waals surface area contributed by atoms with E-state index in [9.17, 15) is 0 Å². The third kappa shape index (κ3) is 7.39. The molecule has 408 valence electrons. The lowest BCUT2D eigenvalue weighted by molar-refractivity contribution is 0.610. The molecule has 0 saturated heterocycles. The highest BCUT2D eigenvalue weighted by Gasteiger charge is 2.31. The second-order valence-electron chi connectivity index (χ2n) is 23.0. The Bertz CT molecular complexity index is 5740. The van der Waals surface area contributed by atoms with Crippen LogP contribution >= 0.6 is 0 Å². The molecule has 0 aliphatic carbocycles. The Morgan fingerprint density at radius 3 is 1.79 bits per heavy atom. The van der Waals surface area contributed by atoms with Crippen LogP contribution in [0, 0.1) is 13.8 Å². The van der Waals surface area contributed by atoms with E-state index >= 15 is 0 Å². The van der Waals surface area contributed by atoms with E-state index in [1.165, 1.54) is 71.2 Å². The van der Waals surface area contributed by atoms with Gasteiger partial charge in [0.15, 0.2) is 5.58 Å². The number of hydrogen-bond acceptors (Lipinski definition) is 4. The summed E-state index contributed by atoms with van der Waals surface area (Å²) in [6.07, 6.45) is 10.2. The summed E-state index contributed by atoms with van der Waals surface area (Å²) in [4.78, 5) is 4.58. The number of aromatic nitrogens is 2. The molecule has 6 heterocycles. The van der Waals surface area contributed by atoms with Gasteiger partial charge < -0.3 is 27.4 Å². The predicted molar refractivity (Wildman–Crippen MR) is 362 cm³/mol. The number of rotatable bonds is 12. The van der Waals surface area contributed by atoms with Gasteiger partial charge in [0, 0.05) is 105 Å². The summed E-state index contributed by atoms with van der Waals surface area (Å²) in [7, 11) is 0. The first-order chi connectivity index (χ1) is 42.4. The summed E-state index contributed by atoms with van der Waals surface area (Å²) in [6.45, 7) is 14.2. The number of aryl methyl sites for hydroxylation is 3. The molecule has 0 aliphatic rings. The number of anilines is 4. The van der Waals surface area contributed by atoms with Crippen molar-refractivity contribution in [3.05, 3.63) is 289 Å². The van der Waals surface area contributed by atoms with Crippen molar-refractivity contribution in [3.8, 4) is 22.3 Å². The fraction of sp³-hybridized carbons (Fsp3) is 0.0500. The van der Waals surface area contributed by atoms with E-state index in [2.05, 4.69) is 263 Å². The Morgan fingerprint density at radius 2 is 1.06 bits per heavy atom. The van der Waals surface area contributed by atoms with Gasteiger partial charge in [-0.25, -0.2) is 0 Å². The average molecular weight is 1110 g/mol. The normalized spacial score (nSPS) is 12.5. The van der Waals surface area contributed by atoms with Crippen molar-refractivity contribution >= 4 is 134 Å². The SMILES string of the molecule is C=C(/C=c1\c(=C)n2c3c(-c4ccccc4)c4c5cccc6c7cc(N(c8cccc(C)c8)c8cccc9c8oc8ccccc89)ccc7n(c4c(-c4ccccc4)c3c3cccc1c32)c65)N(/C=C/CCc1coc2ccccc12)c1cccc(C)c1. The molecule has 0 spiro atoms. The number of fused-ring (bicyclic) bond motifs is 13. The van der Waals surface area contributed by atoms with Gasteiger partial charge in [-0.1, -0.05) is 189 Å². The van der Waals surface area contributed by atoms with E-state index in [0.29, 0.717) is 0 Å². The van der Waals surface area contributed by atoms with Crippen molar-refractivity contribution in [2.75, 3.05) is 9.80 Å². The molecule has 17 aromatic rings. The molecule has 0 saturated carbocycles. The Balaban J connectivity index is 0.910. The molecule has 11 aromatic carbocycles. The van der Waals surface area contributed by atoms with Gasteiger partial charge in [0.25, 0.3) is 0 Å². The number of furan rings is 2. The van der Waals surface area contributed by atoms with Crippen molar-refractivity contribution in [2.24, 2.45) is 0 Å². The van der Waals surface area contributed by atoms with Crippen molar-refractivity contribution in [3.63, 3.8) is 0 Å². The highest BCUT2D eigenvalue weighted by atomic mass is 16.3. The van der Waals surface area contributed by atoms with Crippen LogP contribution < -0.4 is 20.4 Å². The zero-order valence-corrected chi connectivity index (χ0v) is 47.7. The molecule has 0 amide bonds. The highest BCUT2D eigenvalue weighted by molar-refractivity contribution is 6.36. The van der Waals surface area contributed by atoms with E-state index in [-0.39, 0.29) is 0 Å². The minimum atomic E-state index is 0.832. The molecule has 86 heavy (non-hydrogen) atoms. The van der Waals surface area contributed by atoms with Gasteiger partial charge in [-0.3, -0.25) is 0 Å². The van der Waals surface area contributed by atoms with Crippen molar-refractivity contribution < 1.29 is 8.83 Å². The van der Waals surface area contributed by atoms with Gasteiger partial charge in [0.2, 0.25) is 0 Å². The third-order valence-electron chi connectivity index (χ3n) is 17.9. The van der Waals surface area contributed by atoms with Gasteiger partial charge in [-0.15, -0.1) is 0 Å². The molecule has 0 aliphatic heterocycles. The fourth-order valence-electron chi connectivity index (χ4n) is 14.2. The lowest BCUT2D eigenvalue weighted by Gasteiger charge is -2.26. The van der Waals surface area contributed by atoms with Gasteiger partial charge in [0.1, 0.15) is 11.2 Å². The Kier molecular flexibility index (Phi) is 11.1. The van der Waals surface area contributed by atoms with Gasteiger partial charge in [0.05, 0.1) is 39.5 Å². The predicted octanol–water partition coefficient (Wildman–Crippen LogP) is 20.3. The second kappa shape index (κ2) is 19.2. The first-order valence-electron chi connectivity index (χ1n) is 29.6. The minimum Gasteiger partial charge on any atom is -0.464 e. The maximum absolute atomic E-state index is 6.77. The molecule has 0 bridgehead atoms. The summed E-state index contributed by atoms with van der Waals surface area (Å²) in [5.41, 5.74) is 21.7. The van der Waals surface area contributed by atoms with Gasteiger partial charge >= 0.3 is 0 Å². The summed E-state index contributed by atoms with van der Waals surface area (Å²) in [5, 5.41) is 13.6. The molecule has 0 N–H and O–H groups in total. The third-order valence-corrected chi connectivity index (χ3v) is 17.9. The Labute approximate surface area is 495 Å². The van der Waals surface area contributed by atoms with Crippen LogP contribution in [0.3, 0.4) is 0 Å². The van der Waals surface area contributed by atoms with Crippen LogP contribution in [0.1, 0.15) is 23.1 Å².